The van der Waals surface area contributed by atoms with Gasteiger partial charge in [-0.2, -0.15) is 0 Å². The molecule has 0 aliphatic heterocycles. The Bertz CT molecular complexity index is 91.7. The van der Waals surface area contributed by atoms with Crippen LogP contribution in [0, 0.1) is 0 Å². The molecule has 0 spiro atoms. The minimum Gasteiger partial charge on any atom is -0.260 e. The summed E-state index contributed by atoms with van der Waals surface area (Å²) in [6.07, 6.45) is 3.85. The Morgan fingerprint density at radius 3 is 1.73 bits per heavy atom. The molecule has 0 radical (unpaired) electrons. The van der Waals surface area contributed by atoms with Gasteiger partial charge in [0.15, 0.2) is 0 Å². The molecule has 0 rings (SSSR count). The number of hydrogen-bond acceptors (Lipinski definition) is 1. The fraction of sp³-hybridized carbons (Fsp3) is 0.778. The van der Waals surface area contributed by atoms with E-state index in [0.717, 1.165) is 24.3 Å². The average molecular weight is 176 g/mol. The van der Waals surface area contributed by atoms with Crippen LogP contribution in [0.4, 0.5) is 0 Å². The van der Waals surface area contributed by atoms with Gasteiger partial charge in [-0.15, -0.1) is 6.58 Å². The van der Waals surface area contributed by atoms with Gasteiger partial charge in [0.05, 0.1) is 0 Å². The molecule has 0 saturated carbocycles. The number of allylic oxidation sites excluding steroid dienone is 1. The molecule has 2 heteroatoms. The maximum absolute atomic E-state index is 10.8. The average Bonchev–Trinajstić information content (AvgIpc) is 1.90. The van der Waals surface area contributed by atoms with E-state index < -0.39 is 10.8 Å². The maximum atomic E-state index is 10.8. The molecule has 0 amide bonds. The van der Waals surface area contributed by atoms with Crippen LogP contribution in [0.3, 0.4) is 0 Å². The van der Waals surface area contributed by atoms with Crippen molar-refractivity contribution in [3.63, 3.8) is 0 Å². The lowest BCUT2D eigenvalue weighted by atomic mass is 10.6. The molecule has 0 bridgehead atoms. The standard InChI is InChI=1S/C6H14OS.C3H6/c1-3-5-8(7)6-4-2;1-3-2/h3-6H2,1-2H3;3H,1H2,2H3. The van der Waals surface area contributed by atoms with Crippen LogP contribution in [0.25, 0.3) is 0 Å². The van der Waals surface area contributed by atoms with Crippen LogP contribution in [0.15, 0.2) is 12.7 Å². The van der Waals surface area contributed by atoms with Crippen LogP contribution >= 0.6 is 0 Å². The molecule has 11 heavy (non-hydrogen) atoms. The third kappa shape index (κ3) is 17.7. The predicted molar refractivity (Wildman–Crippen MR) is 54.3 cm³/mol. The summed E-state index contributed by atoms with van der Waals surface area (Å²) in [5, 5.41) is 0. The summed E-state index contributed by atoms with van der Waals surface area (Å²) in [6.45, 7) is 9.38. The predicted octanol–water partition coefficient (Wildman–Crippen LogP) is 2.75. The fourth-order valence-corrected chi connectivity index (χ4v) is 1.67. The molecule has 68 valence electrons. The topological polar surface area (TPSA) is 17.1 Å². The molecule has 0 aromatic carbocycles. The Balaban J connectivity index is 0. The lowest BCUT2D eigenvalue weighted by molar-refractivity contribution is 0.680. The van der Waals surface area contributed by atoms with Gasteiger partial charge in [-0.25, -0.2) is 0 Å². The van der Waals surface area contributed by atoms with Gasteiger partial charge in [-0.3, -0.25) is 4.21 Å². The molecule has 0 aliphatic rings. The van der Waals surface area contributed by atoms with E-state index in [2.05, 4.69) is 20.4 Å². The number of rotatable bonds is 4. The smallest absolute Gasteiger partial charge is 0.0232 e. The monoisotopic (exact) mass is 176 g/mol. The Kier molecular flexibility index (Phi) is 15.4. The van der Waals surface area contributed by atoms with Gasteiger partial charge in [-0.1, -0.05) is 19.9 Å². The van der Waals surface area contributed by atoms with Gasteiger partial charge < -0.3 is 0 Å². The molecule has 0 fully saturated rings. The highest BCUT2D eigenvalue weighted by Gasteiger charge is 1.92. The van der Waals surface area contributed by atoms with Crippen molar-refractivity contribution in [2.75, 3.05) is 11.5 Å². The minimum absolute atomic E-state index is 0.520. The van der Waals surface area contributed by atoms with Gasteiger partial charge in [0.2, 0.25) is 0 Å². The van der Waals surface area contributed by atoms with Crippen LogP contribution in [0.5, 0.6) is 0 Å². The van der Waals surface area contributed by atoms with Gasteiger partial charge in [0.1, 0.15) is 0 Å². The van der Waals surface area contributed by atoms with Crippen molar-refractivity contribution in [3.8, 4) is 0 Å². The first kappa shape index (κ1) is 13.5. The highest BCUT2D eigenvalue weighted by atomic mass is 32.2. The fourth-order valence-electron chi connectivity index (χ4n) is 0.557. The van der Waals surface area contributed by atoms with E-state index in [1.165, 1.54) is 0 Å². The second-order valence-corrected chi connectivity index (χ2v) is 3.95. The molecule has 0 atom stereocenters. The Morgan fingerprint density at radius 2 is 1.55 bits per heavy atom. The Labute approximate surface area is 73.3 Å². The van der Waals surface area contributed by atoms with Crippen molar-refractivity contribution in [2.45, 2.75) is 33.6 Å². The van der Waals surface area contributed by atoms with E-state index in [1.807, 2.05) is 6.92 Å². The molecule has 0 aliphatic carbocycles. The van der Waals surface area contributed by atoms with Crippen molar-refractivity contribution < 1.29 is 4.21 Å². The number of hydrogen-bond donors (Lipinski definition) is 0. The third-order valence-electron chi connectivity index (χ3n) is 0.864. The maximum Gasteiger partial charge on any atom is 0.0232 e. The van der Waals surface area contributed by atoms with Gasteiger partial charge in [-0.05, 0) is 19.8 Å². The SMILES string of the molecule is C=CC.CCCS(=O)CCC. The van der Waals surface area contributed by atoms with Crippen molar-refractivity contribution >= 4 is 10.8 Å². The van der Waals surface area contributed by atoms with E-state index >= 15 is 0 Å². The lowest BCUT2D eigenvalue weighted by Gasteiger charge is -1.93. The Hall–Kier alpha value is -0.110. The highest BCUT2D eigenvalue weighted by molar-refractivity contribution is 7.84. The molecule has 0 aromatic rings. The largest absolute Gasteiger partial charge is 0.260 e. The zero-order valence-electron chi connectivity index (χ0n) is 7.93. The van der Waals surface area contributed by atoms with E-state index in [-0.39, 0.29) is 0 Å². The van der Waals surface area contributed by atoms with Crippen molar-refractivity contribution in [1.29, 1.82) is 0 Å². The molecular weight excluding hydrogens is 156 g/mol. The first-order valence-corrected chi connectivity index (χ1v) is 5.63. The highest BCUT2D eigenvalue weighted by Crippen LogP contribution is 1.88. The zero-order chi connectivity index (χ0) is 9.11. The molecular formula is C9H20OS. The van der Waals surface area contributed by atoms with Crippen LogP contribution < -0.4 is 0 Å². The summed E-state index contributed by atoms with van der Waals surface area (Å²) in [4.78, 5) is 0. The molecule has 0 unspecified atom stereocenters. The van der Waals surface area contributed by atoms with E-state index in [4.69, 9.17) is 0 Å². The first-order chi connectivity index (χ1) is 5.22. The van der Waals surface area contributed by atoms with Crippen LogP contribution in [0.2, 0.25) is 0 Å². The summed E-state index contributed by atoms with van der Waals surface area (Å²) in [5.74, 6) is 1.77. The molecule has 0 aromatic heterocycles. The second-order valence-electron chi connectivity index (χ2n) is 2.26. The normalized spacial score (nSPS) is 8.73. The summed E-state index contributed by atoms with van der Waals surface area (Å²) in [7, 11) is -0.520. The molecule has 1 nitrogen and oxygen atoms in total. The summed E-state index contributed by atoms with van der Waals surface area (Å²) < 4.78 is 10.8. The summed E-state index contributed by atoms with van der Waals surface area (Å²) >= 11 is 0. The third-order valence-corrected chi connectivity index (χ3v) is 2.59. The van der Waals surface area contributed by atoms with Crippen LogP contribution in [-0.2, 0) is 10.8 Å². The lowest BCUT2D eigenvalue weighted by Crippen LogP contribution is -1.99. The summed E-state index contributed by atoms with van der Waals surface area (Å²) in [6, 6.07) is 0. The first-order valence-electron chi connectivity index (χ1n) is 4.14. The minimum atomic E-state index is -0.520. The quantitative estimate of drug-likeness (QED) is 0.602. The molecule has 0 saturated heterocycles. The van der Waals surface area contributed by atoms with Gasteiger partial charge >= 0.3 is 0 Å². The van der Waals surface area contributed by atoms with Crippen LogP contribution in [0.1, 0.15) is 33.6 Å². The van der Waals surface area contributed by atoms with E-state index in [9.17, 15) is 4.21 Å². The summed E-state index contributed by atoms with van der Waals surface area (Å²) in [5.41, 5.74) is 0. The Morgan fingerprint density at radius 1 is 1.27 bits per heavy atom. The molecule has 0 heterocycles. The zero-order valence-corrected chi connectivity index (χ0v) is 8.75. The van der Waals surface area contributed by atoms with Crippen LogP contribution in [-0.4, -0.2) is 15.7 Å². The van der Waals surface area contributed by atoms with Gasteiger partial charge in [0, 0.05) is 22.3 Å². The molecule has 0 N–H and O–H groups in total. The van der Waals surface area contributed by atoms with E-state index in [1.54, 1.807) is 6.08 Å². The van der Waals surface area contributed by atoms with E-state index in [0.29, 0.717) is 0 Å². The second kappa shape index (κ2) is 12.6. The van der Waals surface area contributed by atoms with Crippen molar-refractivity contribution in [1.82, 2.24) is 0 Å². The van der Waals surface area contributed by atoms with Gasteiger partial charge in [0.25, 0.3) is 0 Å². The van der Waals surface area contributed by atoms with Crippen molar-refractivity contribution in [2.24, 2.45) is 0 Å². The van der Waals surface area contributed by atoms with Crippen molar-refractivity contribution in [3.05, 3.63) is 12.7 Å².